The highest BCUT2D eigenvalue weighted by atomic mass is 16.3. The van der Waals surface area contributed by atoms with Crippen molar-refractivity contribution in [3.8, 4) is 11.8 Å². The second-order valence-electron chi connectivity index (χ2n) is 3.70. The zero-order valence-corrected chi connectivity index (χ0v) is 8.96. The molecule has 0 aliphatic heterocycles. The number of aliphatic hydroxyl groups excluding tert-OH is 1. The van der Waals surface area contributed by atoms with Crippen LogP contribution in [0.25, 0.3) is 0 Å². The number of hydrogen-bond acceptors (Lipinski definition) is 2. The van der Waals surface area contributed by atoms with Gasteiger partial charge in [0.25, 0.3) is 0 Å². The predicted molar refractivity (Wildman–Crippen MR) is 54.2 cm³/mol. The minimum absolute atomic E-state index is 0.116. The van der Waals surface area contributed by atoms with Crippen LogP contribution in [-0.4, -0.2) is 21.9 Å². The van der Waals surface area contributed by atoms with Gasteiger partial charge in [0.1, 0.15) is 11.7 Å². The lowest BCUT2D eigenvalue weighted by atomic mass is 9.97. The number of hydrogen-bond donors (Lipinski definition) is 2. The van der Waals surface area contributed by atoms with E-state index in [1.807, 2.05) is 27.7 Å². The standard InChI is InChI=1S/C11H20O2/c1-5-11(13,6-2)8-7-10(12)9(3)4/h9-10,12-13H,5-6H2,1-4H3. The zero-order chi connectivity index (χ0) is 10.5. The molecule has 2 heteroatoms. The van der Waals surface area contributed by atoms with Crippen molar-refractivity contribution in [1.82, 2.24) is 0 Å². The highest BCUT2D eigenvalue weighted by Crippen LogP contribution is 2.13. The molecule has 1 atom stereocenters. The Bertz CT molecular complexity index is 194. The summed E-state index contributed by atoms with van der Waals surface area (Å²) in [5, 5.41) is 19.2. The van der Waals surface area contributed by atoms with Crippen LogP contribution in [0.4, 0.5) is 0 Å². The van der Waals surface area contributed by atoms with E-state index in [-0.39, 0.29) is 5.92 Å². The molecule has 0 aromatic carbocycles. The first-order valence-corrected chi connectivity index (χ1v) is 4.88. The Labute approximate surface area is 81.0 Å². The summed E-state index contributed by atoms with van der Waals surface area (Å²) in [6.45, 7) is 7.58. The lowest BCUT2D eigenvalue weighted by molar-refractivity contribution is 0.0918. The maximum atomic E-state index is 9.77. The highest BCUT2D eigenvalue weighted by molar-refractivity contribution is 5.16. The topological polar surface area (TPSA) is 40.5 Å². The molecule has 1 unspecified atom stereocenters. The van der Waals surface area contributed by atoms with Gasteiger partial charge in [0, 0.05) is 0 Å². The molecular weight excluding hydrogens is 164 g/mol. The van der Waals surface area contributed by atoms with Gasteiger partial charge in [0.05, 0.1) is 0 Å². The van der Waals surface area contributed by atoms with Gasteiger partial charge in [-0.05, 0) is 18.8 Å². The second kappa shape index (κ2) is 5.26. The molecular formula is C11H20O2. The van der Waals surface area contributed by atoms with E-state index in [4.69, 9.17) is 0 Å². The minimum Gasteiger partial charge on any atom is -0.380 e. The van der Waals surface area contributed by atoms with Gasteiger partial charge in [0.15, 0.2) is 0 Å². The van der Waals surface area contributed by atoms with Gasteiger partial charge in [-0.1, -0.05) is 39.5 Å². The SMILES string of the molecule is CCC(O)(C#CC(O)C(C)C)CC. The first kappa shape index (κ1) is 12.5. The molecule has 13 heavy (non-hydrogen) atoms. The molecule has 0 spiro atoms. The van der Waals surface area contributed by atoms with E-state index >= 15 is 0 Å². The van der Waals surface area contributed by atoms with Crippen molar-refractivity contribution in [2.45, 2.75) is 52.2 Å². The summed E-state index contributed by atoms with van der Waals surface area (Å²) in [5.74, 6) is 5.53. The molecule has 0 radical (unpaired) electrons. The van der Waals surface area contributed by atoms with Gasteiger partial charge in [0.2, 0.25) is 0 Å². The fourth-order valence-corrected chi connectivity index (χ4v) is 0.802. The van der Waals surface area contributed by atoms with Crippen LogP contribution >= 0.6 is 0 Å². The number of aliphatic hydroxyl groups is 2. The van der Waals surface area contributed by atoms with Crippen molar-refractivity contribution < 1.29 is 10.2 Å². The Morgan fingerprint density at radius 3 is 2.00 bits per heavy atom. The summed E-state index contributed by atoms with van der Waals surface area (Å²) in [6.07, 6.45) is 0.562. The Morgan fingerprint density at radius 1 is 1.23 bits per heavy atom. The van der Waals surface area contributed by atoms with Crippen LogP contribution in [0.15, 0.2) is 0 Å². The van der Waals surface area contributed by atoms with E-state index < -0.39 is 11.7 Å². The summed E-state index contributed by atoms with van der Waals surface area (Å²) >= 11 is 0. The minimum atomic E-state index is -0.921. The molecule has 0 aliphatic rings. The molecule has 0 aromatic heterocycles. The molecule has 2 nitrogen and oxygen atoms in total. The first-order chi connectivity index (χ1) is 5.95. The first-order valence-electron chi connectivity index (χ1n) is 4.88. The van der Waals surface area contributed by atoms with E-state index in [0.29, 0.717) is 12.8 Å². The van der Waals surface area contributed by atoms with Crippen LogP contribution in [0.1, 0.15) is 40.5 Å². The molecule has 0 bridgehead atoms. The Morgan fingerprint density at radius 2 is 1.69 bits per heavy atom. The second-order valence-corrected chi connectivity index (χ2v) is 3.70. The van der Waals surface area contributed by atoms with Gasteiger partial charge < -0.3 is 10.2 Å². The van der Waals surface area contributed by atoms with Crippen molar-refractivity contribution >= 4 is 0 Å². The molecule has 76 valence electrons. The molecule has 0 heterocycles. The molecule has 0 saturated carbocycles. The van der Waals surface area contributed by atoms with Gasteiger partial charge in [-0.15, -0.1) is 0 Å². The monoisotopic (exact) mass is 184 g/mol. The summed E-state index contributed by atoms with van der Waals surface area (Å²) in [6, 6.07) is 0. The normalized spacial score (nSPS) is 13.8. The van der Waals surface area contributed by atoms with Gasteiger partial charge in [-0.25, -0.2) is 0 Å². The van der Waals surface area contributed by atoms with Crippen molar-refractivity contribution in [3.05, 3.63) is 0 Å². The molecule has 0 rings (SSSR count). The van der Waals surface area contributed by atoms with Crippen LogP contribution < -0.4 is 0 Å². The molecule has 0 aromatic rings. The smallest absolute Gasteiger partial charge is 0.125 e. The van der Waals surface area contributed by atoms with E-state index in [1.165, 1.54) is 0 Å². The van der Waals surface area contributed by atoms with Crippen LogP contribution in [0.3, 0.4) is 0 Å². The van der Waals surface area contributed by atoms with Gasteiger partial charge in [-0.3, -0.25) is 0 Å². The highest BCUT2D eigenvalue weighted by Gasteiger charge is 2.18. The van der Waals surface area contributed by atoms with Crippen molar-refractivity contribution in [2.75, 3.05) is 0 Å². The van der Waals surface area contributed by atoms with Crippen molar-refractivity contribution in [3.63, 3.8) is 0 Å². The van der Waals surface area contributed by atoms with Crippen LogP contribution in [-0.2, 0) is 0 Å². The van der Waals surface area contributed by atoms with E-state index in [1.54, 1.807) is 0 Å². The Kier molecular flexibility index (Phi) is 5.05. The lowest BCUT2D eigenvalue weighted by Gasteiger charge is -2.18. The zero-order valence-electron chi connectivity index (χ0n) is 8.96. The third-order valence-corrected chi connectivity index (χ3v) is 2.25. The van der Waals surface area contributed by atoms with Gasteiger partial charge >= 0.3 is 0 Å². The van der Waals surface area contributed by atoms with Gasteiger partial charge in [-0.2, -0.15) is 0 Å². The summed E-state index contributed by atoms with van der Waals surface area (Å²) in [4.78, 5) is 0. The molecule has 0 saturated heterocycles. The predicted octanol–water partition coefficient (Wildman–Crippen LogP) is 1.56. The quantitative estimate of drug-likeness (QED) is 0.653. The Hall–Kier alpha value is -0.520. The summed E-state index contributed by atoms with van der Waals surface area (Å²) in [7, 11) is 0. The summed E-state index contributed by atoms with van der Waals surface area (Å²) < 4.78 is 0. The van der Waals surface area contributed by atoms with Crippen LogP contribution in [0, 0.1) is 17.8 Å². The average molecular weight is 184 g/mol. The molecule has 2 N–H and O–H groups in total. The lowest BCUT2D eigenvalue weighted by Crippen LogP contribution is -2.25. The fourth-order valence-electron chi connectivity index (χ4n) is 0.802. The van der Waals surface area contributed by atoms with E-state index in [9.17, 15) is 10.2 Å². The maximum absolute atomic E-state index is 9.77. The van der Waals surface area contributed by atoms with Crippen LogP contribution in [0.5, 0.6) is 0 Å². The molecule has 0 fully saturated rings. The van der Waals surface area contributed by atoms with E-state index in [0.717, 1.165) is 0 Å². The fraction of sp³-hybridized carbons (Fsp3) is 0.818. The molecule has 0 amide bonds. The van der Waals surface area contributed by atoms with Crippen molar-refractivity contribution in [1.29, 1.82) is 0 Å². The van der Waals surface area contributed by atoms with Crippen molar-refractivity contribution in [2.24, 2.45) is 5.92 Å². The average Bonchev–Trinajstić information content (AvgIpc) is 2.13. The van der Waals surface area contributed by atoms with Crippen LogP contribution in [0.2, 0.25) is 0 Å². The third-order valence-electron chi connectivity index (χ3n) is 2.25. The Balaban J connectivity index is 4.37. The van der Waals surface area contributed by atoms with E-state index in [2.05, 4.69) is 11.8 Å². The third kappa shape index (κ3) is 4.31. The largest absolute Gasteiger partial charge is 0.380 e. The number of rotatable bonds is 3. The molecule has 0 aliphatic carbocycles. The summed E-state index contributed by atoms with van der Waals surface area (Å²) in [5.41, 5.74) is -0.921. The maximum Gasteiger partial charge on any atom is 0.125 e.